The first-order valence-corrected chi connectivity index (χ1v) is 5.87. The molecule has 0 atom stereocenters. The molecule has 1 heterocycles. The van der Waals surface area contributed by atoms with E-state index < -0.39 is 0 Å². The number of H-pyrrole nitrogens is 1. The monoisotopic (exact) mass is 229 g/mol. The lowest BCUT2D eigenvalue weighted by Gasteiger charge is -2.07. The molecular weight excluding hydrogens is 214 g/mol. The summed E-state index contributed by atoms with van der Waals surface area (Å²) < 4.78 is 5.70. The van der Waals surface area contributed by atoms with Crippen molar-refractivity contribution in [2.75, 3.05) is 5.73 Å². The molecule has 0 spiro atoms. The number of para-hydroxylation sites is 2. The molecule has 0 radical (unpaired) electrons. The topological polar surface area (TPSA) is 63.9 Å². The van der Waals surface area contributed by atoms with Gasteiger partial charge in [-0.25, -0.2) is 0 Å². The van der Waals surface area contributed by atoms with Crippen LogP contribution in [0.2, 0.25) is 0 Å². The maximum absolute atomic E-state index is 5.82. The van der Waals surface area contributed by atoms with E-state index in [-0.39, 0.29) is 0 Å². The number of nitrogen functional groups attached to an aromatic ring is 1. The van der Waals surface area contributed by atoms with Crippen molar-refractivity contribution in [3.8, 4) is 5.75 Å². The Bertz CT molecular complexity index is 533. The largest absolute Gasteiger partial charge is 0.485 e. The van der Waals surface area contributed by atoms with Crippen LogP contribution in [0.25, 0.3) is 0 Å². The maximum Gasteiger partial charge on any atom is 0.142 e. The third kappa shape index (κ3) is 1.86. The number of anilines is 1. The fourth-order valence-corrected chi connectivity index (χ4v) is 2.27. The second-order valence-corrected chi connectivity index (χ2v) is 4.31. The summed E-state index contributed by atoms with van der Waals surface area (Å²) in [7, 11) is 0. The first-order valence-electron chi connectivity index (χ1n) is 5.87. The van der Waals surface area contributed by atoms with E-state index in [0.29, 0.717) is 12.3 Å². The van der Waals surface area contributed by atoms with E-state index in [1.54, 1.807) is 0 Å². The van der Waals surface area contributed by atoms with Gasteiger partial charge < -0.3 is 10.5 Å². The summed E-state index contributed by atoms with van der Waals surface area (Å²) >= 11 is 0. The molecule has 0 saturated heterocycles. The van der Waals surface area contributed by atoms with Gasteiger partial charge in [0.05, 0.1) is 5.69 Å². The molecular formula is C13H15N3O. The summed E-state index contributed by atoms with van der Waals surface area (Å²) in [4.78, 5) is 0. The van der Waals surface area contributed by atoms with Gasteiger partial charge in [-0.3, -0.25) is 5.10 Å². The fraction of sp³-hybridized carbons (Fsp3) is 0.308. The minimum atomic E-state index is 0.486. The number of ether oxygens (including phenoxy) is 1. The lowest BCUT2D eigenvalue weighted by molar-refractivity contribution is 0.301. The number of aromatic amines is 1. The Balaban J connectivity index is 1.74. The van der Waals surface area contributed by atoms with Gasteiger partial charge in [-0.15, -0.1) is 0 Å². The van der Waals surface area contributed by atoms with E-state index in [1.165, 1.54) is 17.7 Å². The molecule has 1 aromatic heterocycles. The van der Waals surface area contributed by atoms with E-state index in [1.807, 2.05) is 24.3 Å². The summed E-state index contributed by atoms with van der Waals surface area (Å²) in [5.74, 6) is 0.724. The lowest BCUT2D eigenvalue weighted by Crippen LogP contribution is -2.01. The van der Waals surface area contributed by atoms with Crippen molar-refractivity contribution in [3.05, 3.63) is 41.2 Å². The van der Waals surface area contributed by atoms with E-state index in [9.17, 15) is 0 Å². The molecule has 0 fully saturated rings. The average Bonchev–Trinajstić information content (AvgIpc) is 2.91. The van der Waals surface area contributed by atoms with Crippen LogP contribution in [-0.2, 0) is 19.4 Å². The Labute approximate surface area is 99.8 Å². The van der Waals surface area contributed by atoms with Gasteiger partial charge in [0.25, 0.3) is 0 Å². The number of nitrogens with zero attached hydrogens (tertiary/aromatic N) is 1. The molecule has 1 aromatic carbocycles. The average molecular weight is 229 g/mol. The Morgan fingerprint density at radius 1 is 1.29 bits per heavy atom. The van der Waals surface area contributed by atoms with Crippen LogP contribution in [0, 0.1) is 0 Å². The first kappa shape index (κ1) is 10.2. The molecule has 1 aliphatic carbocycles. The van der Waals surface area contributed by atoms with Crippen molar-refractivity contribution < 1.29 is 4.74 Å². The van der Waals surface area contributed by atoms with Gasteiger partial charge in [-0.2, -0.15) is 5.10 Å². The molecule has 1 aliphatic rings. The van der Waals surface area contributed by atoms with Crippen molar-refractivity contribution in [2.24, 2.45) is 0 Å². The summed E-state index contributed by atoms with van der Waals surface area (Å²) in [6, 6.07) is 7.53. The zero-order valence-corrected chi connectivity index (χ0v) is 9.57. The second-order valence-electron chi connectivity index (χ2n) is 4.31. The van der Waals surface area contributed by atoms with Crippen LogP contribution in [0.5, 0.6) is 5.75 Å². The number of hydrogen-bond acceptors (Lipinski definition) is 3. The van der Waals surface area contributed by atoms with Crippen LogP contribution < -0.4 is 10.5 Å². The summed E-state index contributed by atoms with van der Waals surface area (Å²) in [5.41, 5.74) is 10.1. The quantitative estimate of drug-likeness (QED) is 0.792. The van der Waals surface area contributed by atoms with E-state index >= 15 is 0 Å². The summed E-state index contributed by atoms with van der Waals surface area (Å²) in [6.07, 6.45) is 3.43. The Morgan fingerprint density at radius 3 is 3.06 bits per heavy atom. The minimum Gasteiger partial charge on any atom is -0.485 e. The molecule has 17 heavy (non-hydrogen) atoms. The lowest BCUT2D eigenvalue weighted by atomic mass is 10.2. The highest BCUT2D eigenvalue weighted by molar-refractivity contribution is 5.51. The molecule has 0 aliphatic heterocycles. The number of fused-ring (bicyclic) bond motifs is 1. The number of hydrogen-bond donors (Lipinski definition) is 2. The Kier molecular flexibility index (Phi) is 2.48. The number of aromatic nitrogens is 2. The number of aryl methyl sites for hydroxylation is 1. The highest BCUT2D eigenvalue weighted by Gasteiger charge is 2.18. The zero-order valence-electron chi connectivity index (χ0n) is 9.57. The van der Waals surface area contributed by atoms with Gasteiger partial charge >= 0.3 is 0 Å². The van der Waals surface area contributed by atoms with E-state index in [4.69, 9.17) is 10.5 Å². The van der Waals surface area contributed by atoms with Crippen molar-refractivity contribution in [3.63, 3.8) is 0 Å². The van der Waals surface area contributed by atoms with Gasteiger partial charge in [0.1, 0.15) is 18.1 Å². The van der Waals surface area contributed by atoms with E-state index in [2.05, 4.69) is 10.2 Å². The van der Waals surface area contributed by atoms with Crippen molar-refractivity contribution in [1.29, 1.82) is 0 Å². The first-order chi connectivity index (χ1) is 8.34. The third-order valence-corrected chi connectivity index (χ3v) is 3.18. The number of benzene rings is 1. The molecule has 4 nitrogen and oxygen atoms in total. The van der Waals surface area contributed by atoms with Crippen molar-refractivity contribution in [2.45, 2.75) is 25.9 Å². The molecule has 0 bridgehead atoms. The molecule has 0 amide bonds. The van der Waals surface area contributed by atoms with Crippen molar-refractivity contribution in [1.82, 2.24) is 10.2 Å². The number of nitrogens with one attached hydrogen (secondary N) is 1. The van der Waals surface area contributed by atoms with Crippen LogP contribution in [-0.4, -0.2) is 10.2 Å². The molecule has 0 unspecified atom stereocenters. The maximum atomic E-state index is 5.82. The predicted octanol–water partition coefficient (Wildman–Crippen LogP) is 2.06. The third-order valence-electron chi connectivity index (χ3n) is 3.18. The molecule has 3 rings (SSSR count). The Morgan fingerprint density at radius 2 is 2.18 bits per heavy atom. The van der Waals surface area contributed by atoms with Gasteiger partial charge in [0.15, 0.2) is 0 Å². The van der Waals surface area contributed by atoms with Crippen molar-refractivity contribution >= 4 is 5.69 Å². The van der Waals surface area contributed by atoms with Crippen LogP contribution >= 0.6 is 0 Å². The smallest absolute Gasteiger partial charge is 0.142 e. The molecule has 2 aromatic rings. The van der Waals surface area contributed by atoms with Crippen LogP contribution in [0.4, 0.5) is 5.69 Å². The zero-order chi connectivity index (χ0) is 11.7. The van der Waals surface area contributed by atoms with Crippen LogP contribution in [0.15, 0.2) is 24.3 Å². The van der Waals surface area contributed by atoms with Crippen LogP contribution in [0.3, 0.4) is 0 Å². The number of rotatable bonds is 3. The highest BCUT2D eigenvalue weighted by Crippen LogP contribution is 2.25. The standard InChI is InChI=1S/C13H15N3O/c14-10-5-1-2-7-13(10)17-8-12-9-4-3-6-11(9)15-16-12/h1-2,5,7H,3-4,6,8,14H2,(H,15,16). The minimum absolute atomic E-state index is 0.486. The fourth-order valence-electron chi connectivity index (χ4n) is 2.27. The number of nitrogens with two attached hydrogens (primary N) is 1. The van der Waals surface area contributed by atoms with Gasteiger partial charge in [0.2, 0.25) is 0 Å². The second kappa shape index (κ2) is 4.13. The summed E-state index contributed by atoms with van der Waals surface area (Å²) in [5, 5.41) is 7.37. The molecule has 4 heteroatoms. The van der Waals surface area contributed by atoms with Gasteiger partial charge in [-0.1, -0.05) is 12.1 Å². The molecule has 0 saturated carbocycles. The molecule has 88 valence electrons. The van der Waals surface area contributed by atoms with Crippen LogP contribution in [0.1, 0.15) is 23.4 Å². The normalized spacial score (nSPS) is 13.6. The van der Waals surface area contributed by atoms with Gasteiger partial charge in [0, 0.05) is 5.69 Å². The SMILES string of the molecule is Nc1ccccc1OCc1n[nH]c2c1CCC2. The highest BCUT2D eigenvalue weighted by atomic mass is 16.5. The molecule has 3 N–H and O–H groups in total. The summed E-state index contributed by atoms with van der Waals surface area (Å²) in [6.45, 7) is 0.486. The predicted molar refractivity (Wildman–Crippen MR) is 65.8 cm³/mol. The Hall–Kier alpha value is -1.97. The van der Waals surface area contributed by atoms with E-state index in [0.717, 1.165) is 24.3 Å². The van der Waals surface area contributed by atoms with Gasteiger partial charge in [-0.05, 0) is 37.0 Å².